The zero-order chi connectivity index (χ0) is 12.0. The Labute approximate surface area is 102 Å². The van der Waals surface area contributed by atoms with Crippen molar-refractivity contribution >= 4 is 5.91 Å². The van der Waals surface area contributed by atoms with Crippen molar-refractivity contribution in [1.82, 2.24) is 5.32 Å². The first-order valence-corrected chi connectivity index (χ1v) is 6.49. The van der Waals surface area contributed by atoms with Crippen LogP contribution in [0.4, 0.5) is 0 Å². The van der Waals surface area contributed by atoms with Gasteiger partial charge in [0.1, 0.15) is 0 Å². The van der Waals surface area contributed by atoms with Crippen LogP contribution in [0.1, 0.15) is 42.9 Å². The van der Waals surface area contributed by atoms with Crippen LogP contribution in [0.25, 0.3) is 0 Å². The van der Waals surface area contributed by atoms with Gasteiger partial charge < -0.3 is 5.32 Å². The Morgan fingerprint density at radius 1 is 1.35 bits per heavy atom. The van der Waals surface area contributed by atoms with Crippen LogP contribution < -0.4 is 5.32 Å². The molecule has 1 aromatic carbocycles. The molecule has 0 aromatic heterocycles. The second kappa shape index (κ2) is 3.59. The molecule has 17 heavy (non-hydrogen) atoms. The first-order chi connectivity index (χ1) is 8.09. The van der Waals surface area contributed by atoms with Gasteiger partial charge in [-0.2, -0.15) is 0 Å². The molecule has 1 amide bonds. The molecule has 2 aliphatic rings. The Morgan fingerprint density at radius 3 is 3.00 bits per heavy atom. The summed E-state index contributed by atoms with van der Waals surface area (Å²) in [6.07, 6.45) is 3.83. The van der Waals surface area contributed by atoms with E-state index in [0.717, 1.165) is 19.3 Å². The van der Waals surface area contributed by atoms with Crippen molar-refractivity contribution in [3.8, 4) is 0 Å². The van der Waals surface area contributed by atoms with E-state index in [4.69, 9.17) is 0 Å². The fourth-order valence-corrected chi connectivity index (χ4v) is 3.47. The maximum absolute atomic E-state index is 11.5. The number of amides is 1. The lowest BCUT2D eigenvalue weighted by Gasteiger charge is -2.46. The van der Waals surface area contributed by atoms with Crippen molar-refractivity contribution in [3.63, 3.8) is 0 Å². The minimum absolute atomic E-state index is 0.148. The smallest absolute Gasteiger partial charge is 0.220 e. The van der Waals surface area contributed by atoms with Gasteiger partial charge in [0, 0.05) is 17.9 Å². The monoisotopic (exact) mass is 229 g/mol. The van der Waals surface area contributed by atoms with Crippen molar-refractivity contribution in [2.24, 2.45) is 0 Å². The molecule has 3 rings (SSSR count). The molecule has 1 N–H and O–H groups in total. The van der Waals surface area contributed by atoms with E-state index in [1.54, 1.807) is 0 Å². The summed E-state index contributed by atoms with van der Waals surface area (Å²) in [5.41, 5.74) is 4.43. The fraction of sp³-hybridized carbons (Fsp3) is 0.533. The number of benzene rings is 1. The molecule has 2 atom stereocenters. The number of fused-ring (bicyclic) bond motifs is 3. The van der Waals surface area contributed by atoms with E-state index in [1.165, 1.54) is 16.7 Å². The van der Waals surface area contributed by atoms with Gasteiger partial charge in [-0.25, -0.2) is 0 Å². The van der Waals surface area contributed by atoms with Crippen LogP contribution in [0.5, 0.6) is 0 Å². The van der Waals surface area contributed by atoms with Crippen molar-refractivity contribution in [2.75, 3.05) is 0 Å². The highest BCUT2D eigenvalue weighted by Gasteiger charge is 2.43. The summed E-state index contributed by atoms with van der Waals surface area (Å²) in [5, 5.41) is 3.18. The Balaban J connectivity index is 2.07. The van der Waals surface area contributed by atoms with Crippen LogP contribution in [-0.2, 0) is 16.6 Å². The SMILES string of the molecule is Cc1ccc2c(c1)CCC1NC(=O)CCC21C. The highest BCUT2D eigenvalue weighted by molar-refractivity contribution is 5.78. The van der Waals surface area contributed by atoms with Crippen molar-refractivity contribution in [2.45, 2.75) is 51.0 Å². The molecule has 0 saturated carbocycles. The maximum Gasteiger partial charge on any atom is 0.220 e. The number of rotatable bonds is 0. The molecule has 1 heterocycles. The van der Waals surface area contributed by atoms with E-state index >= 15 is 0 Å². The summed E-state index contributed by atoms with van der Waals surface area (Å²) in [6.45, 7) is 4.46. The fourth-order valence-electron chi connectivity index (χ4n) is 3.47. The average Bonchev–Trinajstić information content (AvgIpc) is 2.30. The third-order valence-corrected chi connectivity index (χ3v) is 4.55. The summed E-state index contributed by atoms with van der Waals surface area (Å²) in [4.78, 5) is 11.5. The summed E-state index contributed by atoms with van der Waals surface area (Å²) in [7, 11) is 0. The standard InChI is InChI=1S/C15H19NO/c1-10-3-5-12-11(9-10)4-6-13-15(12,2)8-7-14(17)16-13/h3,5,9,13H,4,6-8H2,1-2H3,(H,16,17). The number of carbonyl (C=O) groups excluding carboxylic acids is 1. The van der Waals surface area contributed by atoms with Crippen molar-refractivity contribution in [1.29, 1.82) is 0 Å². The van der Waals surface area contributed by atoms with E-state index in [-0.39, 0.29) is 11.3 Å². The molecule has 1 aliphatic carbocycles. The zero-order valence-corrected chi connectivity index (χ0v) is 10.5. The first kappa shape index (κ1) is 10.8. The van der Waals surface area contributed by atoms with Crippen LogP contribution in [0.15, 0.2) is 18.2 Å². The number of piperidine rings is 1. The summed E-state index contributed by atoms with van der Waals surface area (Å²) in [5.74, 6) is 0.225. The molecule has 2 unspecified atom stereocenters. The molecule has 2 nitrogen and oxygen atoms in total. The van der Waals surface area contributed by atoms with Gasteiger partial charge in [-0.1, -0.05) is 30.7 Å². The van der Waals surface area contributed by atoms with Gasteiger partial charge in [-0.05, 0) is 37.3 Å². The number of carbonyl (C=O) groups is 1. The summed E-state index contributed by atoms with van der Waals surface area (Å²) >= 11 is 0. The van der Waals surface area contributed by atoms with Crippen LogP contribution >= 0.6 is 0 Å². The Kier molecular flexibility index (Phi) is 2.29. The lowest BCUT2D eigenvalue weighted by Crippen LogP contribution is -2.55. The number of aryl methyl sites for hydroxylation is 2. The molecule has 1 aromatic rings. The predicted octanol–water partition coefficient (Wildman–Crippen LogP) is 2.48. The van der Waals surface area contributed by atoms with E-state index in [1.807, 2.05) is 0 Å². The molecular formula is C15H19NO. The molecule has 2 heteroatoms. The molecular weight excluding hydrogens is 210 g/mol. The van der Waals surface area contributed by atoms with Gasteiger partial charge in [0.25, 0.3) is 0 Å². The molecule has 0 spiro atoms. The summed E-state index contributed by atoms with van der Waals surface area (Å²) < 4.78 is 0. The van der Waals surface area contributed by atoms with Gasteiger partial charge in [0.05, 0.1) is 0 Å². The molecule has 90 valence electrons. The summed E-state index contributed by atoms with van der Waals surface area (Å²) in [6, 6.07) is 7.11. The molecule has 0 bridgehead atoms. The molecule has 1 aliphatic heterocycles. The molecule has 0 radical (unpaired) electrons. The normalized spacial score (nSPS) is 31.4. The van der Waals surface area contributed by atoms with Crippen molar-refractivity contribution in [3.05, 3.63) is 34.9 Å². The van der Waals surface area contributed by atoms with Crippen LogP contribution in [0, 0.1) is 6.92 Å². The van der Waals surface area contributed by atoms with Gasteiger partial charge in [0.15, 0.2) is 0 Å². The Bertz CT molecular complexity index is 480. The number of hydrogen-bond acceptors (Lipinski definition) is 1. The van der Waals surface area contributed by atoms with Crippen LogP contribution in [-0.4, -0.2) is 11.9 Å². The second-order valence-corrected chi connectivity index (χ2v) is 5.74. The van der Waals surface area contributed by atoms with Crippen molar-refractivity contribution < 1.29 is 4.79 Å². The van der Waals surface area contributed by atoms with Crippen LogP contribution in [0.3, 0.4) is 0 Å². The number of nitrogens with one attached hydrogen (secondary N) is 1. The largest absolute Gasteiger partial charge is 0.352 e. The Hall–Kier alpha value is -1.31. The lowest BCUT2D eigenvalue weighted by atomic mass is 9.64. The maximum atomic E-state index is 11.5. The van der Waals surface area contributed by atoms with Gasteiger partial charge in [-0.3, -0.25) is 4.79 Å². The average molecular weight is 229 g/mol. The third-order valence-electron chi connectivity index (χ3n) is 4.55. The Morgan fingerprint density at radius 2 is 2.18 bits per heavy atom. The van der Waals surface area contributed by atoms with Gasteiger partial charge in [0.2, 0.25) is 5.91 Å². The van der Waals surface area contributed by atoms with E-state index < -0.39 is 0 Å². The van der Waals surface area contributed by atoms with E-state index in [9.17, 15) is 4.79 Å². The minimum Gasteiger partial charge on any atom is -0.352 e. The molecule has 1 saturated heterocycles. The highest BCUT2D eigenvalue weighted by atomic mass is 16.1. The van der Waals surface area contributed by atoms with E-state index in [0.29, 0.717) is 12.5 Å². The second-order valence-electron chi connectivity index (χ2n) is 5.74. The van der Waals surface area contributed by atoms with Gasteiger partial charge >= 0.3 is 0 Å². The van der Waals surface area contributed by atoms with Crippen LogP contribution in [0.2, 0.25) is 0 Å². The quantitative estimate of drug-likeness (QED) is 0.727. The zero-order valence-electron chi connectivity index (χ0n) is 10.5. The predicted molar refractivity (Wildman–Crippen MR) is 68.0 cm³/mol. The molecule has 1 fully saturated rings. The topological polar surface area (TPSA) is 29.1 Å². The third kappa shape index (κ3) is 1.58. The van der Waals surface area contributed by atoms with Gasteiger partial charge in [-0.15, -0.1) is 0 Å². The van der Waals surface area contributed by atoms with E-state index in [2.05, 4.69) is 37.4 Å². The lowest BCUT2D eigenvalue weighted by molar-refractivity contribution is -0.125. The highest BCUT2D eigenvalue weighted by Crippen LogP contribution is 2.42. The number of hydrogen-bond donors (Lipinski definition) is 1. The minimum atomic E-state index is 0.148. The first-order valence-electron chi connectivity index (χ1n) is 6.49.